The van der Waals surface area contributed by atoms with Crippen LogP contribution in [0.15, 0.2) is 47.4 Å². The van der Waals surface area contributed by atoms with E-state index in [1.54, 1.807) is 24.3 Å². The highest BCUT2D eigenvalue weighted by Crippen LogP contribution is 2.28. The van der Waals surface area contributed by atoms with Crippen LogP contribution in [0.1, 0.15) is 24.2 Å². The molecule has 1 heterocycles. The van der Waals surface area contributed by atoms with Gasteiger partial charge >= 0.3 is 5.97 Å². The quantitative estimate of drug-likeness (QED) is 0.559. The fourth-order valence-electron chi connectivity index (χ4n) is 3.06. The Kier molecular flexibility index (Phi) is 8.30. The van der Waals surface area contributed by atoms with E-state index in [1.165, 1.54) is 22.5 Å². The molecule has 178 valence electrons. The van der Waals surface area contributed by atoms with E-state index >= 15 is 0 Å². The summed E-state index contributed by atoms with van der Waals surface area (Å²) < 4.78 is 42.8. The highest BCUT2D eigenvalue weighted by molar-refractivity contribution is 7.89. The number of amides is 1. The molecule has 0 bridgehead atoms. The van der Waals surface area contributed by atoms with Gasteiger partial charge in [0, 0.05) is 18.8 Å². The average molecular weight is 497 g/mol. The number of hydrogen-bond donors (Lipinski definition) is 1. The fraction of sp³-hybridized carbons (Fsp3) is 0.364. The smallest absolute Gasteiger partial charge is 0.338 e. The molecular formula is C22H25ClN2O7S. The second-order valence-corrected chi connectivity index (χ2v) is 9.79. The van der Waals surface area contributed by atoms with Crippen LogP contribution in [0.5, 0.6) is 5.75 Å². The molecule has 0 aromatic heterocycles. The highest BCUT2D eigenvalue weighted by Gasteiger charge is 2.28. The maximum Gasteiger partial charge on any atom is 0.338 e. The largest absolute Gasteiger partial charge is 0.491 e. The molecular weight excluding hydrogens is 472 g/mol. The Bertz CT molecular complexity index is 1100. The number of morpholine rings is 1. The lowest BCUT2D eigenvalue weighted by Gasteiger charge is -2.26. The summed E-state index contributed by atoms with van der Waals surface area (Å²) in [6.07, 6.45) is 0.00346. The van der Waals surface area contributed by atoms with Gasteiger partial charge in [0.25, 0.3) is 5.91 Å². The Morgan fingerprint density at radius 2 is 1.79 bits per heavy atom. The number of nitrogens with one attached hydrogen (secondary N) is 1. The number of halogens is 1. The van der Waals surface area contributed by atoms with Gasteiger partial charge in [-0.2, -0.15) is 4.31 Å². The zero-order chi connectivity index (χ0) is 24.0. The standard InChI is InChI=1S/C22H25ClN2O7S/c1-15(2)32-18-6-3-16(4-7-18)22(27)31-14-21(26)24-17-5-8-19(23)20(13-17)33(28,29)25-9-11-30-12-10-25/h3-8,13,15H,9-12,14H2,1-2H3,(H,24,26). The van der Waals surface area contributed by atoms with E-state index < -0.39 is 28.5 Å². The molecule has 3 rings (SSSR count). The first-order valence-electron chi connectivity index (χ1n) is 10.3. The number of rotatable bonds is 8. The molecule has 0 spiro atoms. The lowest BCUT2D eigenvalue weighted by Crippen LogP contribution is -2.40. The molecule has 0 aliphatic carbocycles. The second kappa shape index (κ2) is 11.0. The maximum atomic E-state index is 12.9. The molecule has 1 N–H and O–H groups in total. The van der Waals surface area contributed by atoms with Gasteiger partial charge in [0.05, 0.1) is 29.9 Å². The van der Waals surface area contributed by atoms with Crippen LogP contribution in [-0.2, 0) is 24.3 Å². The van der Waals surface area contributed by atoms with E-state index in [0.29, 0.717) is 19.0 Å². The van der Waals surface area contributed by atoms with E-state index in [0.717, 1.165) is 0 Å². The van der Waals surface area contributed by atoms with Crippen molar-refractivity contribution in [2.75, 3.05) is 38.2 Å². The fourth-order valence-corrected chi connectivity index (χ4v) is 4.97. The van der Waals surface area contributed by atoms with Gasteiger partial charge in [0.1, 0.15) is 10.6 Å². The highest BCUT2D eigenvalue weighted by atomic mass is 35.5. The molecule has 0 saturated carbocycles. The molecule has 0 radical (unpaired) electrons. The van der Waals surface area contributed by atoms with Crippen LogP contribution in [0.3, 0.4) is 0 Å². The van der Waals surface area contributed by atoms with Crippen molar-refractivity contribution in [3.8, 4) is 5.75 Å². The summed E-state index contributed by atoms with van der Waals surface area (Å²) in [5.74, 6) is -0.682. The van der Waals surface area contributed by atoms with Gasteiger partial charge in [-0.15, -0.1) is 0 Å². The molecule has 0 atom stereocenters. The third-order valence-corrected chi connectivity index (χ3v) is 6.98. The zero-order valence-electron chi connectivity index (χ0n) is 18.2. The first-order chi connectivity index (χ1) is 15.7. The number of carbonyl (C=O) groups excluding carboxylic acids is 2. The molecule has 1 aliphatic heterocycles. The minimum atomic E-state index is -3.85. The van der Waals surface area contributed by atoms with Crippen LogP contribution in [-0.4, -0.2) is 63.6 Å². The first-order valence-corrected chi connectivity index (χ1v) is 12.1. The third-order valence-electron chi connectivity index (χ3n) is 4.60. The molecule has 1 aliphatic rings. The lowest BCUT2D eigenvalue weighted by atomic mass is 10.2. The van der Waals surface area contributed by atoms with Crippen molar-refractivity contribution in [2.45, 2.75) is 24.8 Å². The number of ether oxygens (including phenoxy) is 3. The van der Waals surface area contributed by atoms with Crippen molar-refractivity contribution >= 4 is 39.2 Å². The number of anilines is 1. The summed E-state index contributed by atoms with van der Waals surface area (Å²) in [6.45, 7) is 4.27. The molecule has 1 saturated heterocycles. The van der Waals surface area contributed by atoms with Crippen LogP contribution in [0.4, 0.5) is 5.69 Å². The van der Waals surface area contributed by atoms with Crippen molar-refractivity contribution in [2.24, 2.45) is 0 Å². The number of sulfonamides is 1. The van der Waals surface area contributed by atoms with Crippen molar-refractivity contribution < 1.29 is 32.2 Å². The lowest BCUT2D eigenvalue weighted by molar-refractivity contribution is -0.119. The Labute approximate surface area is 197 Å². The predicted molar refractivity (Wildman–Crippen MR) is 122 cm³/mol. The predicted octanol–water partition coefficient (Wildman–Crippen LogP) is 2.94. The van der Waals surface area contributed by atoms with Crippen molar-refractivity contribution in [3.05, 3.63) is 53.1 Å². The number of benzene rings is 2. The molecule has 0 unspecified atom stereocenters. The summed E-state index contributed by atoms with van der Waals surface area (Å²) in [5.41, 5.74) is 0.478. The third kappa shape index (κ3) is 6.67. The zero-order valence-corrected chi connectivity index (χ0v) is 19.8. The molecule has 1 fully saturated rings. The Morgan fingerprint density at radius 3 is 2.42 bits per heavy atom. The Morgan fingerprint density at radius 1 is 1.12 bits per heavy atom. The van der Waals surface area contributed by atoms with Crippen molar-refractivity contribution in [1.29, 1.82) is 0 Å². The van der Waals surface area contributed by atoms with Crippen molar-refractivity contribution in [3.63, 3.8) is 0 Å². The summed E-state index contributed by atoms with van der Waals surface area (Å²) >= 11 is 6.12. The van der Waals surface area contributed by atoms with E-state index in [4.69, 9.17) is 25.8 Å². The first kappa shape index (κ1) is 25.0. The monoisotopic (exact) mass is 496 g/mol. The molecule has 9 nitrogen and oxygen atoms in total. The van der Waals surface area contributed by atoms with Crippen LogP contribution < -0.4 is 10.1 Å². The van der Waals surface area contributed by atoms with Gasteiger partial charge in [0.15, 0.2) is 6.61 Å². The number of carbonyl (C=O) groups is 2. The van der Waals surface area contributed by atoms with Crippen LogP contribution in [0, 0.1) is 0 Å². The number of esters is 1. The van der Waals surface area contributed by atoms with Gasteiger partial charge in [-0.05, 0) is 56.3 Å². The van der Waals surface area contributed by atoms with Gasteiger partial charge in [-0.3, -0.25) is 4.79 Å². The van der Waals surface area contributed by atoms with E-state index in [1.807, 2.05) is 13.8 Å². The van der Waals surface area contributed by atoms with Crippen LogP contribution in [0.2, 0.25) is 5.02 Å². The Hall–Kier alpha value is -2.66. The second-order valence-electron chi connectivity index (χ2n) is 7.48. The average Bonchev–Trinajstić information content (AvgIpc) is 2.79. The van der Waals surface area contributed by atoms with Gasteiger partial charge in [-0.1, -0.05) is 11.6 Å². The van der Waals surface area contributed by atoms with Gasteiger partial charge in [-0.25, -0.2) is 13.2 Å². The normalized spacial score (nSPS) is 14.7. The molecule has 11 heteroatoms. The van der Waals surface area contributed by atoms with E-state index in [9.17, 15) is 18.0 Å². The number of nitrogens with zero attached hydrogens (tertiary/aromatic N) is 1. The topological polar surface area (TPSA) is 111 Å². The minimum absolute atomic E-state index is 0.00346. The van der Waals surface area contributed by atoms with Crippen LogP contribution >= 0.6 is 11.6 Å². The summed E-state index contributed by atoms with van der Waals surface area (Å²) in [7, 11) is -3.85. The summed E-state index contributed by atoms with van der Waals surface area (Å²) in [4.78, 5) is 24.3. The van der Waals surface area contributed by atoms with E-state index in [-0.39, 0.29) is 40.4 Å². The summed E-state index contributed by atoms with van der Waals surface area (Å²) in [5, 5.41) is 2.56. The maximum absolute atomic E-state index is 12.9. The van der Waals surface area contributed by atoms with Crippen LogP contribution in [0.25, 0.3) is 0 Å². The molecule has 33 heavy (non-hydrogen) atoms. The van der Waals surface area contributed by atoms with Gasteiger partial charge in [0.2, 0.25) is 10.0 Å². The molecule has 1 amide bonds. The SMILES string of the molecule is CC(C)Oc1ccc(C(=O)OCC(=O)Nc2ccc(Cl)c(S(=O)(=O)N3CCOCC3)c2)cc1. The van der Waals surface area contributed by atoms with Crippen molar-refractivity contribution in [1.82, 2.24) is 4.31 Å². The Balaban J connectivity index is 1.60. The van der Waals surface area contributed by atoms with E-state index in [2.05, 4.69) is 5.32 Å². The summed E-state index contributed by atoms with van der Waals surface area (Å²) in [6, 6.07) is 10.5. The van der Waals surface area contributed by atoms with Gasteiger partial charge < -0.3 is 19.5 Å². The number of hydrogen-bond acceptors (Lipinski definition) is 7. The minimum Gasteiger partial charge on any atom is -0.491 e. The molecule has 2 aromatic rings. The molecule has 2 aromatic carbocycles.